The lowest BCUT2D eigenvalue weighted by atomic mass is 10.2. The van der Waals surface area contributed by atoms with E-state index in [0.717, 1.165) is 6.07 Å². The number of imidazole rings is 1. The van der Waals surface area contributed by atoms with Gasteiger partial charge >= 0.3 is 18.2 Å². The molecule has 0 fully saturated rings. The highest BCUT2D eigenvalue weighted by molar-refractivity contribution is 5.94. The van der Waals surface area contributed by atoms with Crippen LogP contribution < -0.4 is 5.32 Å². The quantitative estimate of drug-likeness (QED) is 0.499. The number of fused-ring (bicyclic) bond motifs is 2. The van der Waals surface area contributed by atoms with Crippen LogP contribution >= 0.6 is 0 Å². The highest BCUT2D eigenvalue weighted by atomic mass is 19.4. The Morgan fingerprint density at radius 3 is 2.72 bits per heavy atom. The molecule has 0 aliphatic rings. The molecule has 0 bridgehead atoms. The van der Waals surface area contributed by atoms with E-state index >= 15 is 0 Å². The average molecular weight is 404 g/mol. The number of carbonyl (C=O) groups is 1. The van der Waals surface area contributed by atoms with Gasteiger partial charge in [-0.15, -0.1) is 0 Å². The van der Waals surface area contributed by atoms with E-state index in [2.05, 4.69) is 15.3 Å². The fourth-order valence-electron chi connectivity index (χ4n) is 2.97. The van der Waals surface area contributed by atoms with Crippen LogP contribution in [0.5, 0.6) is 0 Å². The van der Waals surface area contributed by atoms with Crippen molar-refractivity contribution in [2.75, 3.05) is 11.9 Å². The molecule has 0 unspecified atom stereocenters. The molecule has 0 aliphatic heterocycles. The minimum absolute atomic E-state index is 0.0747. The minimum Gasteiger partial charge on any atom is -0.462 e. The maximum absolute atomic E-state index is 13.2. The number of aromatic nitrogens is 3. The number of ether oxygens (including phenoxy) is 1. The van der Waals surface area contributed by atoms with Gasteiger partial charge in [0.2, 0.25) is 5.95 Å². The Bertz CT molecular complexity index is 1230. The zero-order valence-corrected chi connectivity index (χ0v) is 15.4. The molecule has 0 spiro atoms. The molecule has 150 valence electrons. The molecular formula is C19H15F3N4O3. The summed E-state index contributed by atoms with van der Waals surface area (Å²) in [6.07, 6.45) is -4.56. The van der Waals surface area contributed by atoms with Gasteiger partial charge in [-0.3, -0.25) is 5.32 Å². The molecule has 0 saturated heterocycles. The zero-order chi connectivity index (χ0) is 20.8. The van der Waals surface area contributed by atoms with E-state index in [1.807, 2.05) is 0 Å². The molecule has 0 aliphatic carbocycles. The van der Waals surface area contributed by atoms with Gasteiger partial charge in [0.15, 0.2) is 5.58 Å². The Balaban J connectivity index is 1.71. The van der Waals surface area contributed by atoms with E-state index in [0.29, 0.717) is 22.5 Å². The summed E-state index contributed by atoms with van der Waals surface area (Å²) in [6.45, 7) is 1.97. The van der Waals surface area contributed by atoms with Crippen LogP contribution in [0.15, 0.2) is 40.8 Å². The van der Waals surface area contributed by atoms with Crippen molar-refractivity contribution >= 4 is 40.1 Å². The second-order valence-corrected chi connectivity index (χ2v) is 6.21. The monoisotopic (exact) mass is 404 g/mol. The lowest BCUT2D eigenvalue weighted by molar-refractivity contribution is -0.136. The number of carbonyl (C=O) groups excluding carboxylic acids is 1. The van der Waals surface area contributed by atoms with Crippen LogP contribution in [0.3, 0.4) is 0 Å². The minimum atomic E-state index is -4.56. The van der Waals surface area contributed by atoms with Gasteiger partial charge in [-0.1, -0.05) is 6.07 Å². The predicted octanol–water partition coefficient (Wildman–Crippen LogP) is 4.65. The first-order chi connectivity index (χ1) is 13.8. The Morgan fingerprint density at radius 1 is 1.21 bits per heavy atom. The molecule has 0 saturated carbocycles. The molecule has 4 aromatic rings. The normalized spacial score (nSPS) is 11.9. The number of rotatable bonds is 4. The van der Waals surface area contributed by atoms with Crippen molar-refractivity contribution in [3.63, 3.8) is 0 Å². The third-order valence-electron chi connectivity index (χ3n) is 4.33. The van der Waals surface area contributed by atoms with Crippen molar-refractivity contribution in [1.29, 1.82) is 0 Å². The number of oxazole rings is 1. The van der Waals surface area contributed by atoms with E-state index in [1.54, 1.807) is 36.7 Å². The first-order valence-corrected chi connectivity index (χ1v) is 8.65. The Hall–Kier alpha value is -3.56. The van der Waals surface area contributed by atoms with Crippen LogP contribution in [0.25, 0.3) is 22.1 Å². The highest BCUT2D eigenvalue weighted by Crippen LogP contribution is 2.36. The topological polar surface area (TPSA) is 82.2 Å². The summed E-state index contributed by atoms with van der Waals surface area (Å²) in [6, 6.07) is 8.40. The third kappa shape index (κ3) is 3.37. The number of alkyl halides is 3. The lowest BCUT2D eigenvalue weighted by Crippen LogP contribution is -2.04. The molecule has 7 nitrogen and oxygen atoms in total. The average Bonchev–Trinajstić information content (AvgIpc) is 3.21. The van der Waals surface area contributed by atoms with Crippen LogP contribution in [-0.4, -0.2) is 27.1 Å². The molecular weight excluding hydrogens is 389 g/mol. The molecule has 0 atom stereocenters. The maximum Gasteiger partial charge on any atom is 0.420 e. The third-order valence-corrected chi connectivity index (χ3v) is 4.33. The molecule has 2 aromatic heterocycles. The van der Waals surface area contributed by atoms with E-state index in [-0.39, 0.29) is 23.7 Å². The van der Waals surface area contributed by atoms with Crippen molar-refractivity contribution in [3.05, 3.63) is 47.5 Å². The van der Waals surface area contributed by atoms with Crippen LogP contribution in [0, 0.1) is 0 Å². The number of hydrogen-bond donors (Lipinski definition) is 1. The molecule has 4 rings (SSSR count). The van der Waals surface area contributed by atoms with Crippen molar-refractivity contribution < 1.29 is 27.1 Å². The number of aryl methyl sites for hydroxylation is 1. The molecule has 0 radical (unpaired) electrons. The van der Waals surface area contributed by atoms with Crippen molar-refractivity contribution in [2.45, 2.75) is 13.1 Å². The van der Waals surface area contributed by atoms with Gasteiger partial charge in [-0.05, 0) is 37.3 Å². The number of halogens is 3. The van der Waals surface area contributed by atoms with Gasteiger partial charge in [0.1, 0.15) is 11.1 Å². The number of nitrogens with zero attached hydrogens (tertiary/aromatic N) is 3. The SMILES string of the molecule is CCOC(=O)c1ccc2c(c1)nc(Nc1nc3cccc(C(F)(F)F)c3o1)n2C. The van der Waals surface area contributed by atoms with Crippen LogP contribution in [0.1, 0.15) is 22.8 Å². The lowest BCUT2D eigenvalue weighted by Gasteiger charge is -2.05. The fourth-order valence-corrected chi connectivity index (χ4v) is 2.97. The zero-order valence-electron chi connectivity index (χ0n) is 15.4. The van der Waals surface area contributed by atoms with Gasteiger partial charge < -0.3 is 13.7 Å². The summed E-state index contributed by atoms with van der Waals surface area (Å²) < 4.78 is 51.4. The number of hydrogen-bond acceptors (Lipinski definition) is 6. The molecule has 0 amide bonds. The van der Waals surface area contributed by atoms with E-state index in [4.69, 9.17) is 9.15 Å². The smallest absolute Gasteiger partial charge is 0.420 e. The van der Waals surface area contributed by atoms with Gasteiger partial charge in [-0.2, -0.15) is 18.2 Å². The standard InChI is InChI=1S/C19H15F3N4O3/c1-3-28-16(27)10-7-8-14-13(9-10)23-17(26(14)2)25-18-24-12-6-4-5-11(15(12)29-18)19(20,21)22/h4-9H,3H2,1-2H3,(H,23,24,25). The van der Waals surface area contributed by atoms with Crippen LogP contribution in [0.4, 0.5) is 25.1 Å². The maximum atomic E-state index is 13.2. The highest BCUT2D eigenvalue weighted by Gasteiger charge is 2.34. The van der Waals surface area contributed by atoms with Crippen molar-refractivity contribution in [3.8, 4) is 0 Å². The fraction of sp³-hybridized carbons (Fsp3) is 0.211. The summed E-state index contributed by atoms with van der Waals surface area (Å²) in [5.74, 6) is -0.172. The second-order valence-electron chi connectivity index (χ2n) is 6.21. The van der Waals surface area contributed by atoms with Crippen LogP contribution in [0.2, 0.25) is 0 Å². The Morgan fingerprint density at radius 2 is 2.00 bits per heavy atom. The summed E-state index contributed by atoms with van der Waals surface area (Å²) in [5.41, 5.74) is 0.372. The number of benzene rings is 2. The first kappa shape index (κ1) is 18.8. The molecule has 29 heavy (non-hydrogen) atoms. The summed E-state index contributed by atoms with van der Waals surface area (Å²) in [5, 5.41) is 2.79. The van der Waals surface area contributed by atoms with Crippen molar-refractivity contribution in [2.24, 2.45) is 7.05 Å². The molecule has 2 aromatic carbocycles. The summed E-state index contributed by atoms with van der Waals surface area (Å²) in [4.78, 5) is 20.3. The Labute approximate surface area is 162 Å². The van der Waals surface area contributed by atoms with Crippen molar-refractivity contribution in [1.82, 2.24) is 14.5 Å². The molecule has 1 N–H and O–H groups in total. The van der Waals surface area contributed by atoms with Gasteiger partial charge in [0.25, 0.3) is 0 Å². The van der Waals surface area contributed by atoms with Crippen LogP contribution in [-0.2, 0) is 18.0 Å². The second kappa shape index (κ2) is 6.80. The van der Waals surface area contributed by atoms with E-state index in [1.165, 1.54) is 12.1 Å². The van der Waals surface area contributed by atoms with Gasteiger partial charge in [0, 0.05) is 7.05 Å². The summed E-state index contributed by atoms with van der Waals surface area (Å²) in [7, 11) is 1.71. The number of anilines is 2. The summed E-state index contributed by atoms with van der Waals surface area (Å²) >= 11 is 0. The predicted molar refractivity (Wildman–Crippen MR) is 99.0 cm³/mol. The first-order valence-electron chi connectivity index (χ1n) is 8.65. The number of esters is 1. The number of nitrogens with one attached hydrogen (secondary N) is 1. The largest absolute Gasteiger partial charge is 0.462 e. The Kier molecular flexibility index (Phi) is 4.40. The molecule has 10 heteroatoms. The van der Waals surface area contributed by atoms with E-state index < -0.39 is 17.7 Å². The van der Waals surface area contributed by atoms with E-state index in [9.17, 15) is 18.0 Å². The number of para-hydroxylation sites is 1. The van der Waals surface area contributed by atoms with Gasteiger partial charge in [-0.25, -0.2) is 9.78 Å². The van der Waals surface area contributed by atoms with Gasteiger partial charge in [0.05, 0.1) is 23.2 Å². The molecule has 2 heterocycles.